The van der Waals surface area contributed by atoms with Crippen molar-refractivity contribution in [3.8, 4) is 34.2 Å². The third-order valence-corrected chi connectivity index (χ3v) is 3.83. The third-order valence-electron chi connectivity index (χ3n) is 3.56. The van der Waals surface area contributed by atoms with E-state index < -0.39 is 0 Å². The minimum absolute atomic E-state index is 0.208. The topological polar surface area (TPSA) is 45.9 Å². The zero-order valence-corrected chi connectivity index (χ0v) is 13.2. The van der Waals surface area contributed by atoms with Gasteiger partial charge in [0.15, 0.2) is 0 Å². The van der Waals surface area contributed by atoms with E-state index in [9.17, 15) is 5.26 Å². The van der Waals surface area contributed by atoms with Crippen molar-refractivity contribution in [2.24, 2.45) is 0 Å². The molecule has 0 aliphatic carbocycles. The van der Waals surface area contributed by atoms with Crippen molar-refractivity contribution >= 4 is 11.6 Å². The second kappa shape index (κ2) is 6.51. The summed E-state index contributed by atoms with van der Waals surface area (Å²) in [5.74, 6) is 0.760. The lowest BCUT2D eigenvalue weighted by Crippen LogP contribution is -1.93. The first-order valence-corrected chi connectivity index (χ1v) is 7.41. The van der Waals surface area contributed by atoms with Crippen LogP contribution < -0.4 is 4.74 Å². The number of halogens is 1. The number of nitrogens with zero attached hydrogens (tertiary/aromatic N) is 2. The van der Waals surface area contributed by atoms with E-state index in [2.05, 4.69) is 11.1 Å². The van der Waals surface area contributed by atoms with Gasteiger partial charge in [-0.15, -0.1) is 0 Å². The molecule has 0 spiro atoms. The number of methoxy groups -OCH3 is 1. The molecule has 0 aliphatic rings. The van der Waals surface area contributed by atoms with Crippen molar-refractivity contribution in [3.05, 3.63) is 71.4 Å². The van der Waals surface area contributed by atoms with Gasteiger partial charge in [0.05, 0.1) is 18.4 Å². The zero-order chi connectivity index (χ0) is 16.2. The van der Waals surface area contributed by atoms with E-state index in [0.717, 1.165) is 28.1 Å². The summed E-state index contributed by atoms with van der Waals surface area (Å²) in [7, 11) is 1.62. The van der Waals surface area contributed by atoms with Crippen LogP contribution in [-0.4, -0.2) is 12.1 Å². The highest BCUT2D eigenvalue weighted by Gasteiger charge is 2.14. The van der Waals surface area contributed by atoms with Crippen LogP contribution in [-0.2, 0) is 0 Å². The smallest absolute Gasteiger partial charge is 0.148 e. The standard InChI is InChI=1S/C19H13ClN2O/c1-23-15-9-7-13(8-10-15)16-11-18(14-5-3-2-4-6-14)22-19(20)17(16)12-21/h2-11H,1H3. The van der Waals surface area contributed by atoms with Crippen LogP contribution >= 0.6 is 11.6 Å². The number of nitriles is 1. The molecule has 23 heavy (non-hydrogen) atoms. The molecule has 0 amide bonds. The third kappa shape index (κ3) is 3.03. The average molecular weight is 321 g/mol. The molecule has 1 aromatic heterocycles. The molecule has 0 radical (unpaired) electrons. The van der Waals surface area contributed by atoms with Gasteiger partial charge in [-0.3, -0.25) is 0 Å². The van der Waals surface area contributed by atoms with Crippen LogP contribution in [0.3, 0.4) is 0 Å². The van der Waals surface area contributed by atoms with E-state index in [4.69, 9.17) is 16.3 Å². The number of benzene rings is 2. The van der Waals surface area contributed by atoms with Crippen LogP contribution in [0.4, 0.5) is 0 Å². The number of hydrogen-bond donors (Lipinski definition) is 0. The van der Waals surface area contributed by atoms with Crippen LogP contribution in [0.1, 0.15) is 5.56 Å². The van der Waals surface area contributed by atoms with Crippen molar-refractivity contribution in [2.75, 3.05) is 7.11 Å². The van der Waals surface area contributed by atoms with Crippen molar-refractivity contribution in [3.63, 3.8) is 0 Å². The summed E-state index contributed by atoms with van der Waals surface area (Å²) in [5.41, 5.74) is 3.71. The molecule has 3 rings (SSSR count). The zero-order valence-electron chi connectivity index (χ0n) is 12.5. The molecule has 0 N–H and O–H groups in total. The maximum atomic E-state index is 9.42. The van der Waals surface area contributed by atoms with E-state index in [1.165, 1.54) is 0 Å². The predicted octanol–water partition coefficient (Wildman–Crippen LogP) is 4.95. The Balaban J connectivity index is 2.18. The first-order valence-electron chi connectivity index (χ1n) is 7.03. The van der Waals surface area contributed by atoms with Crippen LogP contribution in [0.2, 0.25) is 5.15 Å². The minimum Gasteiger partial charge on any atom is -0.497 e. The lowest BCUT2D eigenvalue weighted by atomic mass is 9.99. The molecule has 112 valence electrons. The average Bonchev–Trinajstić information content (AvgIpc) is 2.62. The van der Waals surface area contributed by atoms with Crippen LogP contribution in [0.25, 0.3) is 22.4 Å². The molecule has 3 nitrogen and oxygen atoms in total. The van der Waals surface area contributed by atoms with E-state index in [1.807, 2.05) is 60.7 Å². The highest BCUT2D eigenvalue weighted by atomic mass is 35.5. The Morgan fingerprint density at radius 2 is 1.70 bits per heavy atom. The molecule has 2 aromatic carbocycles. The second-order valence-corrected chi connectivity index (χ2v) is 5.29. The summed E-state index contributed by atoms with van der Waals surface area (Å²) >= 11 is 6.23. The first-order chi connectivity index (χ1) is 11.2. The lowest BCUT2D eigenvalue weighted by Gasteiger charge is -2.10. The van der Waals surface area contributed by atoms with Gasteiger partial charge in [0.2, 0.25) is 0 Å². The first kappa shape index (κ1) is 15.1. The van der Waals surface area contributed by atoms with Gasteiger partial charge in [0.25, 0.3) is 0 Å². The second-order valence-electron chi connectivity index (χ2n) is 4.93. The summed E-state index contributed by atoms with van der Waals surface area (Å²) in [6.07, 6.45) is 0. The highest BCUT2D eigenvalue weighted by molar-refractivity contribution is 6.31. The van der Waals surface area contributed by atoms with Gasteiger partial charge in [-0.1, -0.05) is 54.1 Å². The Kier molecular flexibility index (Phi) is 4.27. The fraction of sp³-hybridized carbons (Fsp3) is 0.0526. The Bertz CT molecular complexity index is 868. The Morgan fingerprint density at radius 3 is 2.30 bits per heavy atom. The minimum atomic E-state index is 0.208. The van der Waals surface area contributed by atoms with Crippen molar-refractivity contribution in [2.45, 2.75) is 0 Å². The summed E-state index contributed by atoms with van der Waals surface area (Å²) in [5, 5.41) is 9.63. The molecule has 0 saturated carbocycles. The molecular weight excluding hydrogens is 308 g/mol. The van der Waals surface area contributed by atoms with Crippen molar-refractivity contribution in [1.29, 1.82) is 5.26 Å². The molecule has 0 atom stereocenters. The van der Waals surface area contributed by atoms with Crippen LogP contribution in [0.15, 0.2) is 60.7 Å². The van der Waals surface area contributed by atoms with Gasteiger partial charge in [-0.2, -0.15) is 5.26 Å². The number of aromatic nitrogens is 1. The Morgan fingerprint density at radius 1 is 1.00 bits per heavy atom. The van der Waals surface area contributed by atoms with E-state index in [-0.39, 0.29) is 5.15 Å². The maximum absolute atomic E-state index is 9.42. The number of ether oxygens (including phenoxy) is 1. The van der Waals surface area contributed by atoms with Crippen molar-refractivity contribution < 1.29 is 4.74 Å². The van der Waals surface area contributed by atoms with Crippen LogP contribution in [0, 0.1) is 11.3 Å². The quantitative estimate of drug-likeness (QED) is 0.641. The molecule has 0 unspecified atom stereocenters. The van der Waals surface area contributed by atoms with Crippen LogP contribution in [0.5, 0.6) is 5.75 Å². The van der Waals surface area contributed by atoms with Gasteiger partial charge in [-0.05, 0) is 23.8 Å². The molecule has 4 heteroatoms. The molecule has 3 aromatic rings. The van der Waals surface area contributed by atoms with Gasteiger partial charge in [0.1, 0.15) is 17.0 Å². The maximum Gasteiger partial charge on any atom is 0.148 e. The normalized spacial score (nSPS) is 10.1. The fourth-order valence-electron chi connectivity index (χ4n) is 2.38. The Hall–Kier alpha value is -2.83. The summed E-state index contributed by atoms with van der Waals surface area (Å²) in [6.45, 7) is 0. The van der Waals surface area contributed by atoms with Gasteiger partial charge in [-0.25, -0.2) is 4.98 Å². The van der Waals surface area contributed by atoms with Crippen molar-refractivity contribution in [1.82, 2.24) is 4.98 Å². The summed E-state index contributed by atoms with van der Waals surface area (Å²) in [4.78, 5) is 4.35. The van der Waals surface area contributed by atoms with E-state index >= 15 is 0 Å². The number of hydrogen-bond acceptors (Lipinski definition) is 3. The SMILES string of the molecule is COc1ccc(-c2cc(-c3ccccc3)nc(Cl)c2C#N)cc1. The molecule has 0 bridgehead atoms. The van der Waals surface area contributed by atoms with Gasteiger partial charge < -0.3 is 4.74 Å². The van der Waals surface area contributed by atoms with Gasteiger partial charge >= 0.3 is 0 Å². The highest BCUT2D eigenvalue weighted by Crippen LogP contribution is 2.32. The Labute approximate surface area is 139 Å². The predicted molar refractivity (Wildman–Crippen MR) is 91.4 cm³/mol. The monoisotopic (exact) mass is 320 g/mol. The van der Waals surface area contributed by atoms with E-state index in [1.54, 1.807) is 7.11 Å². The summed E-state index contributed by atoms with van der Waals surface area (Å²) in [6, 6.07) is 21.3. The lowest BCUT2D eigenvalue weighted by molar-refractivity contribution is 0.415. The fourth-order valence-corrected chi connectivity index (χ4v) is 2.61. The number of pyridine rings is 1. The molecule has 0 fully saturated rings. The molecule has 0 aliphatic heterocycles. The molecule has 1 heterocycles. The summed E-state index contributed by atoms with van der Waals surface area (Å²) < 4.78 is 5.17. The number of rotatable bonds is 3. The molecule has 0 saturated heterocycles. The van der Waals surface area contributed by atoms with Gasteiger partial charge in [0, 0.05) is 11.1 Å². The van der Waals surface area contributed by atoms with E-state index in [0.29, 0.717) is 5.56 Å². The largest absolute Gasteiger partial charge is 0.497 e. The molecular formula is C19H13ClN2O.